The van der Waals surface area contributed by atoms with Gasteiger partial charge in [0.1, 0.15) is 11.2 Å². The summed E-state index contributed by atoms with van der Waals surface area (Å²) in [6, 6.07) is 7.58. The standard InChI is InChI=1S/C21H19N7O2/c29-20(30)14-11-12-5-7-21(14,8-6-12)24-18-15-4-2-10-28(15)27-19(23-18)16-13-3-1-9-22-17(13)26-25-16/h1-5,7,9-10,12,14H,6,8,11H2,(H,29,30)(H,22,25,26)(H,23,24,27). The molecule has 3 aliphatic carbocycles. The lowest BCUT2D eigenvalue weighted by molar-refractivity contribution is -0.145. The van der Waals surface area contributed by atoms with Crippen molar-refractivity contribution in [1.82, 2.24) is 29.8 Å². The van der Waals surface area contributed by atoms with Crippen LogP contribution in [-0.4, -0.2) is 46.4 Å². The number of fused-ring (bicyclic) bond motifs is 4. The van der Waals surface area contributed by atoms with Gasteiger partial charge < -0.3 is 10.4 Å². The summed E-state index contributed by atoms with van der Waals surface area (Å²) in [5, 5.41) is 26.1. The molecule has 9 heteroatoms. The van der Waals surface area contributed by atoms with Crippen molar-refractivity contribution in [3.05, 3.63) is 48.8 Å². The van der Waals surface area contributed by atoms with Gasteiger partial charge >= 0.3 is 5.97 Å². The van der Waals surface area contributed by atoms with E-state index in [0.717, 1.165) is 23.7 Å². The summed E-state index contributed by atoms with van der Waals surface area (Å²) in [7, 11) is 0. The minimum atomic E-state index is -0.775. The van der Waals surface area contributed by atoms with Crippen molar-refractivity contribution in [3.63, 3.8) is 0 Å². The summed E-state index contributed by atoms with van der Waals surface area (Å²) in [5.74, 6) is 0.143. The molecule has 0 amide bonds. The molecule has 0 spiro atoms. The van der Waals surface area contributed by atoms with E-state index < -0.39 is 17.4 Å². The number of aromatic amines is 1. The fraction of sp³-hybridized carbons (Fsp3) is 0.286. The van der Waals surface area contributed by atoms with Gasteiger partial charge in [0.15, 0.2) is 11.5 Å². The van der Waals surface area contributed by atoms with Crippen LogP contribution in [0.15, 0.2) is 48.8 Å². The summed E-state index contributed by atoms with van der Waals surface area (Å²) in [6.07, 6.45) is 10.1. The van der Waals surface area contributed by atoms with E-state index in [1.807, 2.05) is 36.5 Å². The molecule has 30 heavy (non-hydrogen) atoms. The van der Waals surface area contributed by atoms with Gasteiger partial charge in [-0.3, -0.25) is 9.89 Å². The first-order valence-corrected chi connectivity index (χ1v) is 9.98. The topological polar surface area (TPSA) is 121 Å². The lowest BCUT2D eigenvalue weighted by Gasteiger charge is -2.47. The molecule has 3 atom stereocenters. The fourth-order valence-electron chi connectivity index (χ4n) is 4.80. The van der Waals surface area contributed by atoms with E-state index in [0.29, 0.717) is 35.3 Å². The van der Waals surface area contributed by atoms with Gasteiger partial charge in [0, 0.05) is 12.4 Å². The maximum atomic E-state index is 12.0. The number of carboxylic acids is 1. The quantitative estimate of drug-likeness (QED) is 0.450. The second kappa shape index (κ2) is 6.12. The van der Waals surface area contributed by atoms with Crippen LogP contribution in [0.3, 0.4) is 0 Å². The summed E-state index contributed by atoms with van der Waals surface area (Å²) >= 11 is 0. The fourth-order valence-corrected chi connectivity index (χ4v) is 4.80. The van der Waals surface area contributed by atoms with Gasteiger partial charge in [-0.2, -0.15) is 5.10 Å². The molecule has 3 N–H and O–H groups in total. The average Bonchev–Trinajstić information content (AvgIpc) is 3.41. The van der Waals surface area contributed by atoms with Gasteiger partial charge in [-0.15, -0.1) is 5.10 Å². The monoisotopic (exact) mass is 401 g/mol. The number of allylic oxidation sites excluding steroid dienone is 1. The Labute approximate surface area is 170 Å². The number of nitrogens with zero attached hydrogens (tertiary/aromatic N) is 5. The summed E-state index contributed by atoms with van der Waals surface area (Å²) in [6.45, 7) is 0. The molecule has 2 bridgehead atoms. The van der Waals surface area contributed by atoms with Crippen molar-refractivity contribution >= 4 is 28.3 Å². The molecule has 7 rings (SSSR count). The Morgan fingerprint density at radius 1 is 1.33 bits per heavy atom. The molecule has 9 nitrogen and oxygen atoms in total. The van der Waals surface area contributed by atoms with E-state index in [9.17, 15) is 9.90 Å². The normalized spacial score (nSPS) is 25.2. The maximum absolute atomic E-state index is 12.0. The van der Waals surface area contributed by atoms with Crippen LogP contribution in [-0.2, 0) is 4.79 Å². The molecule has 0 radical (unpaired) electrons. The summed E-state index contributed by atoms with van der Waals surface area (Å²) in [4.78, 5) is 21.1. The molecular weight excluding hydrogens is 382 g/mol. The predicted octanol–water partition coefficient (Wildman–Crippen LogP) is 2.89. The van der Waals surface area contributed by atoms with Crippen LogP contribution in [0.5, 0.6) is 0 Å². The van der Waals surface area contributed by atoms with Crippen LogP contribution >= 0.6 is 0 Å². The maximum Gasteiger partial charge on any atom is 0.309 e. The van der Waals surface area contributed by atoms with Crippen molar-refractivity contribution in [3.8, 4) is 11.5 Å². The Kier molecular flexibility index (Phi) is 3.50. The Hall–Kier alpha value is -3.75. The van der Waals surface area contributed by atoms with E-state index >= 15 is 0 Å². The molecule has 0 saturated heterocycles. The Morgan fingerprint density at radius 2 is 2.27 bits per heavy atom. The molecular formula is C21H19N7O2. The third-order valence-corrected chi connectivity index (χ3v) is 6.35. The number of aliphatic carboxylic acids is 1. The van der Waals surface area contributed by atoms with Crippen LogP contribution in [0, 0.1) is 11.8 Å². The van der Waals surface area contributed by atoms with Gasteiger partial charge in [-0.25, -0.2) is 14.5 Å². The van der Waals surface area contributed by atoms with Crippen molar-refractivity contribution in [2.75, 3.05) is 5.32 Å². The van der Waals surface area contributed by atoms with Gasteiger partial charge in [0.25, 0.3) is 0 Å². The zero-order chi connectivity index (χ0) is 20.3. The highest BCUT2D eigenvalue weighted by atomic mass is 16.4. The molecule has 3 unspecified atom stereocenters. The number of aromatic nitrogens is 6. The minimum Gasteiger partial charge on any atom is -0.481 e. The van der Waals surface area contributed by atoms with Crippen LogP contribution in [0.1, 0.15) is 19.3 Å². The lowest BCUT2D eigenvalue weighted by Crippen LogP contribution is -2.53. The molecule has 0 aromatic carbocycles. The molecule has 0 aliphatic heterocycles. The zero-order valence-corrected chi connectivity index (χ0v) is 16.0. The van der Waals surface area contributed by atoms with Gasteiger partial charge in [-0.05, 0) is 49.4 Å². The van der Waals surface area contributed by atoms with E-state index in [2.05, 4.69) is 31.7 Å². The van der Waals surface area contributed by atoms with Crippen LogP contribution in [0.2, 0.25) is 0 Å². The summed E-state index contributed by atoms with van der Waals surface area (Å²) in [5.41, 5.74) is 1.40. The number of rotatable bonds is 4. The number of H-pyrrole nitrogens is 1. The molecule has 3 aliphatic rings. The van der Waals surface area contributed by atoms with Crippen LogP contribution in [0.25, 0.3) is 28.1 Å². The molecule has 1 saturated carbocycles. The molecule has 1 fully saturated rings. The number of carbonyl (C=O) groups is 1. The average molecular weight is 401 g/mol. The lowest BCUT2D eigenvalue weighted by atomic mass is 9.64. The number of hydrogen-bond acceptors (Lipinski definition) is 6. The molecule has 4 aromatic heterocycles. The second-order valence-electron chi connectivity index (χ2n) is 8.04. The predicted molar refractivity (Wildman–Crippen MR) is 110 cm³/mol. The van der Waals surface area contributed by atoms with Crippen LogP contribution < -0.4 is 5.32 Å². The number of nitrogens with one attached hydrogen (secondary N) is 2. The smallest absolute Gasteiger partial charge is 0.309 e. The Morgan fingerprint density at radius 3 is 3.10 bits per heavy atom. The van der Waals surface area contributed by atoms with Gasteiger partial charge in [0.2, 0.25) is 5.82 Å². The second-order valence-corrected chi connectivity index (χ2v) is 8.04. The first-order valence-electron chi connectivity index (χ1n) is 9.98. The van der Waals surface area contributed by atoms with Crippen molar-refractivity contribution < 1.29 is 9.90 Å². The van der Waals surface area contributed by atoms with Crippen molar-refractivity contribution in [2.24, 2.45) is 11.8 Å². The number of hydrogen-bond donors (Lipinski definition) is 3. The van der Waals surface area contributed by atoms with Crippen molar-refractivity contribution in [2.45, 2.75) is 24.8 Å². The third kappa shape index (κ3) is 2.44. The van der Waals surface area contributed by atoms with Crippen LogP contribution in [0.4, 0.5) is 5.82 Å². The van der Waals surface area contributed by atoms with Gasteiger partial charge in [0.05, 0.1) is 16.8 Å². The van der Waals surface area contributed by atoms with Gasteiger partial charge in [-0.1, -0.05) is 12.2 Å². The highest BCUT2D eigenvalue weighted by Gasteiger charge is 2.48. The third-order valence-electron chi connectivity index (χ3n) is 6.35. The molecule has 4 heterocycles. The number of pyridine rings is 1. The summed E-state index contributed by atoms with van der Waals surface area (Å²) < 4.78 is 1.75. The number of anilines is 1. The zero-order valence-electron chi connectivity index (χ0n) is 16.0. The molecule has 4 aromatic rings. The first-order chi connectivity index (χ1) is 14.6. The first kappa shape index (κ1) is 17.1. The highest BCUT2D eigenvalue weighted by Crippen LogP contribution is 2.45. The molecule has 150 valence electrons. The number of carboxylic acid groups (broad SMARTS) is 1. The highest BCUT2D eigenvalue weighted by molar-refractivity contribution is 5.89. The van der Waals surface area contributed by atoms with E-state index in [-0.39, 0.29) is 0 Å². The SMILES string of the molecule is O=C(O)C1CC2C=CC1(Nc1nc(-c3[nH]nc4ncccc34)nn3cccc13)CC2. The van der Waals surface area contributed by atoms with E-state index in [4.69, 9.17) is 4.98 Å². The van der Waals surface area contributed by atoms with E-state index in [1.165, 1.54) is 0 Å². The minimum absolute atomic E-state index is 0.341. The van der Waals surface area contributed by atoms with Crippen molar-refractivity contribution in [1.29, 1.82) is 0 Å². The Balaban J connectivity index is 1.50. The van der Waals surface area contributed by atoms with E-state index in [1.54, 1.807) is 10.7 Å². The largest absolute Gasteiger partial charge is 0.481 e. The Bertz CT molecular complexity index is 1320.